The summed E-state index contributed by atoms with van der Waals surface area (Å²) in [4.78, 5) is 21.8. The van der Waals surface area contributed by atoms with E-state index in [0.29, 0.717) is 6.54 Å². The van der Waals surface area contributed by atoms with Crippen LogP contribution in [0.3, 0.4) is 0 Å². The van der Waals surface area contributed by atoms with Crippen LogP contribution in [0.5, 0.6) is 5.75 Å². The Morgan fingerprint density at radius 1 is 1.41 bits per heavy atom. The van der Waals surface area contributed by atoms with E-state index in [1.807, 2.05) is 6.07 Å². The number of allylic oxidation sites excluding steroid dienone is 1. The van der Waals surface area contributed by atoms with Gasteiger partial charge in [-0.1, -0.05) is 6.07 Å². The summed E-state index contributed by atoms with van der Waals surface area (Å²) < 4.78 is 72.1. The lowest BCUT2D eigenvalue weighted by atomic mass is 10.0. The molecule has 0 saturated carbocycles. The molecule has 8 nitrogen and oxygen atoms in total. The third kappa shape index (κ3) is 7.23. The number of benzene rings is 1. The van der Waals surface area contributed by atoms with Crippen molar-refractivity contribution in [2.45, 2.75) is 24.6 Å². The van der Waals surface area contributed by atoms with E-state index >= 15 is 0 Å². The van der Waals surface area contributed by atoms with Gasteiger partial charge in [0.2, 0.25) is 0 Å². The quantitative estimate of drug-likeness (QED) is 0.423. The third-order valence-corrected chi connectivity index (χ3v) is 5.42. The molecule has 0 aliphatic carbocycles. The first kappa shape index (κ1) is 27.5. The Morgan fingerprint density at radius 3 is 2.81 bits per heavy atom. The van der Waals surface area contributed by atoms with E-state index in [-0.39, 0.29) is 34.7 Å². The molecule has 2 heterocycles. The Morgan fingerprint density at radius 2 is 2.16 bits per heavy atom. The SMILES string of the molecule is CN1CCC(N=C/C(=C\N)c2ncc(NC(=O)COc3cccc(C(F)(F)F)c3)cc2C#N)C(F)(F)C1. The topological polar surface area (TPSA) is 117 Å². The molecule has 1 saturated heterocycles. The molecule has 3 N–H and O–H groups in total. The molecule has 0 radical (unpaired) electrons. The van der Waals surface area contributed by atoms with E-state index in [1.54, 1.807) is 7.05 Å². The van der Waals surface area contributed by atoms with Gasteiger partial charge in [0.1, 0.15) is 17.9 Å². The maximum Gasteiger partial charge on any atom is 0.416 e. The van der Waals surface area contributed by atoms with Gasteiger partial charge >= 0.3 is 6.18 Å². The zero-order valence-electron chi connectivity index (χ0n) is 19.6. The van der Waals surface area contributed by atoms with Gasteiger partial charge in [-0.15, -0.1) is 0 Å². The summed E-state index contributed by atoms with van der Waals surface area (Å²) in [5.41, 5.74) is 5.00. The van der Waals surface area contributed by atoms with Gasteiger partial charge in [0.05, 0.1) is 35.2 Å². The van der Waals surface area contributed by atoms with Gasteiger partial charge in [0.25, 0.3) is 11.8 Å². The fourth-order valence-corrected chi connectivity index (χ4v) is 3.59. The minimum atomic E-state index is -4.56. The van der Waals surface area contributed by atoms with Crippen molar-refractivity contribution in [1.82, 2.24) is 9.88 Å². The summed E-state index contributed by atoms with van der Waals surface area (Å²) >= 11 is 0. The van der Waals surface area contributed by atoms with Gasteiger partial charge in [-0.2, -0.15) is 18.4 Å². The monoisotopic (exact) mass is 522 g/mol. The summed E-state index contributed by atoms with van der Waals surface area (Å²) in [6.07, 6.45) is -0.975. The third-order valence-electron chi connectivity index (χ3n) is 5.42. The highest BCUT2D eigenvalue weighted by molar-refractivity contribution is 6.10. The van der Waals surface area contributed by atoms with Crippen molar-refractivity contribution in [2.75, 3.05) is 32.1 Å². The van der Waals surface area contributed by atoms with Gasteiger partial charge in [0, 0.05) is 24.5 Å². The van der Waals surface area contributed by atoms with Gasteiger partial charge in [-0.3, -0.25) is 14.8 Å². The van der Waals surface area contributed by atoms with Crippen LogP contribution < -0.4 is 15.8 Å². The number of anilines is 1. The van der Waals surface area contributed by atoms with Crippen LogP contribution in [0.2, 0.25) is 0 Å². The van der Waals surface area contributed by atoms with Gasteiger partial charge < -0.3 is 20.7 Å². The maximum atomic E-state index is 14.3. The lowest BCUT2D eigenvalue weighted by Gasteiger charge is -2.34. The van der Waals surface area contributed by atoms with Gasteiger partial charge in [-0.25, -0.2) is 8.78 Å². The normalized spacial score (nSPS) is 18.4. The molecule has 0 spiro atoms. The number of nitriles is 1. The molecule has 2 aromatic rings. The number of hydrogen-bond donors (Lipinski definition) is 2. The summed E-state index contributed by atoms with van der Waals surface area (Å²) in [5.74, 6) is -3.89. The van der Waals surface area contributed by atoms with Crippen molar-refractivity contribution in [3.8, 4) is 11.8 Å². The molecule has 1 aromatic heterocycles. The summed E-state index contributed by atoms with van der Waals surface area (Å²) in [6, 6.07) is 5.99. The zero-order chi connectivity index (χ0) is 27.2. The van der Waals surface area contributed by atoms with Crippen LogP contribution in [0.15, 0.2) is 47.7 Å². The highest BCUT2D eigenvalue weighted by Gasteiger charge is 2.43. The minimum absolute atomic E-state index is 0.0186. The van der Waals surface area contributed by atoms with Crippen LogP contribution in [-0.4, -0.2) is 60.7 Å². The first-order valence-electron chi connectivity index (χ1n) is 10.9. The Hall–Kier alpha value is -4.05. The summed E-state index contributed by atoms with van der Waals surface area (Å²) in [6.45, 7) is -0.576. The van der Waals surface area contributed by atoms with Crippen molar-refractivity contribution >= 4 is 23.4 Å². The first-order valence-corrected chi connectivity index (χ1v) is 10.9. The highest BCUT2D eigenvalue weighted by Crippen LogP contribution is 2.31. The molecular formula is C24H23F5N6O2. The second-order valence-corrected chi connectivity index (χ2v) is 8.30. The minimum Gasteiger partial charge on any atom is -0.484 e. The van der Waals surface area contributed by atoms with E-state index < -0.39 is 42.8 Å². The molecule has 1 atom stereocenters. The van der Waals surface area contributed by atoms with Gasteiger partial charge in [0.15, 0.2) is 6.61 Å². The Labute approximate surface area is 209 Å². The lowest BCUT2D eigenvalue weighted by Crippen LogP contribution is -2.49. The predicted octanol–water partition coefficient (Wildman–Crippen LogP) is 3.70. The number of aliphatic imine (C=N–C) groups is 1. The van der Waals surface area contributed by atoms with Crippen LogP contribution in [0.4, 0.5) is 27.6 Å². The standard InChI is InChI=1S/C24H23F5N6O2/c1-35-6-5-20(23(25,26)14-35)32-11-16(10-31)22-15(9-30)7-18(12-33-22)34-21(36)13-37-19-4-2-3-17(8-19)24(27,28)29/h2-4,7-8,10-12,20H,5-6,13-14,31H2,1H3,(H,34,36)/b16-10+,32-11?. The lowest BCUT2D eigenvalue weighted by molar-refractivity contribution is -0.137. The van der Waals surface area contributed by atoms with Crippen molar-refractivity contribution in [2.24, 2.45) is 10.7 Å². The number of rotatable bonds is 7. The number of alkyl halides is 5. The van der Waals surface area contributed by atoms with Crippen LogP contribution in [0.25, 0.3) is 5.57 Å². The number of nitrogens with zero attached hydrogens (tertiary/aromatic N) is 4. The van der Waals surface area contributed by atoms with Crippen LogP contribution >= 0.6 is 0 Å². The van der Waals surface area contributed by atoms with Crippen molar-refractivity contribution in [3.63, 3.8) is 0 Å². The smallest absolute Gasteiger partial charge is 0.416 e. The number of carbonyl (C=O) groups is 1. The summed E-state index contributed by atoms with van der Waals surface area (Å²) in [5, 5.41) is 12.0. The van der Waals surface area contributed by atoms with E-state index in [2.05, 4.69) is 15.3 Å². The molecule has 1 amide bonds. The number of ether oxygens (including phenoxy) is 1. The van der Waals surface area contributed by atoms with Crippen LogP contribution in [0.1, 0.15) is 23.2 Å². The number of likely N-dealkylation sites (tertiary alicyclic amines) is 1. The zero-order valence-corrected chi connectivity index (χ0v) is 19.6. The van der Waals surface area contributed by atoms with Crippen molar-refractivity contribution < 1.29 is 31.5 Å². The molecule has 1 aliphatic heterocycles. The second-order valence-electron chi connectivity index (χ2n) is 8.30. The number of nitrogens with one attached hydrogen (secondary N) is 1. The number of amides is 1. The Bertz CT molecular complexity index is 1240. The Kier molecular flexibility index (Phi) is 8.44. The molecular weight excluding hydrogens is 499 g/mol. The number of hydrogen-bond acceptors (Lipinski definition) is 7. The van der Waals surface area contributed by atoms with Gasteiger partial charge in [-0.05, 0) is 37.7 Å². The number of nitrogens with two attached hydrogens (primary N) is 1. The molecule has 37 heavy (non-hydrogen) atoms. The molecule has 1 fully saturated rings. The average Bonchev–Trinajstić information content (AvgIpc) is 2.84. The van der Waals surface area contributed by atoms with Crippen LogP contribution in [0, 0.1) is 11.3 Å². The Balaban J connectivity index is 1.67. The number of pyridine rings is 1. The van der Waals surface area contributed by atoms with E-state index in [9.17, 15) is 32.0 Å². The van der Waals surface area contributed by atoms with Crippen molar-refractivity contribution in [1.29, 1.82) is 5.26 Å². The number of halogens is 5. The van der Waals surface area contributed by atoms with E-state index in [4.69, 9.17) is 10.5 Å². The number of aromatic nitrogens is 1. The molecule has 0 bridgehead atoms. The fourth-order valence-electron chi connectivity index (χ4n) is 3.59. The fraction of sp³-hybridized carbons (Fsp3) is 0.333. The van der Waals surface area contributed by atoms with E-state index in [0.717, 1.165) is 30.6 Å². The molecule has 1 aliphatic rings. The predicted molar refractivity (Wildman–Crippen MR) is 126 cm³/mol. The average molecular weight is 522 g/mol. The van der Waals surface area contributed by atoms with Crippen molar-refractivity contribution in [3.05, 3.63) is 59.5 Å². The maximum absolute atomic E-state index is 14.3. The number of piperidine rings is 1. The number of carbonyl (C=O) groups excluding carboxylic acids is 1. The first-order chi connectivity index (χ1) is 17.4. The van der Waals surface area contributed by atoms with E-state index in [1.165, 1.54) is 23.2 Å². The highest BCUT2D eigenvalue weighted by atomic mass is 19.4. The molecule has 196 valence electrons. The van der Waals surface area contributed by atoms with Crippen LogP contribution in [-0.2, 0) is 11.0 Å². The molecule has 1 aromatic carbocycles. The molecule has 13 heteroatoms. The summed E-state index contributed by atoms with van der Waals surface area (Å²) in [7, 11) is 1.60. The second kappa shape index (κ2) is 11.3. The molecule has 3 rings (SSSR count). The largest absolute Gasteiger partial charge is 0.484 e. The molecule has 1 unspecified atom stereocenters.